The van der Waals surface area contributed by atoms with E-state index >= 15 is 0 Å². The van der Waals surface area contributed by atoms with Crippen molar-refractivity contribution in [2.24, 2.45) is 0 Å². The van der Waals surface area contributed by atoms with Gasteiger partial charge in [0.1, 0.15) is 5.82 Å². The van der Waals surface area contributed by atoms with Crippen LogP contribution in [-0.2, 0) is 6.54 Å². The van der Waals surface area contributed by atoms with E-state index in [1.54, 1.807) is 6.07 Å². The summed E-state index contributed by atoms with van der Waals surface area (Å²) in [5.74, 6) is -0.330. The van der Waals surface area contributed by atoms with Crippen molar-refractivity contribution in [2.75, 3.05) is 0 Å². The number of hydrogen-bond acceptors (Lipinski definition) is 1. The van der Waals surface area contributed by atoms with Gasteiger partial charge in [-0.15, -0.1) is 0 Å². The number of halogens is 2. The van der Waals surface area contributed by atoms with Crippen LogP contribution >= 0.6 is 15.9 Å². The number of benzene rings is 1. The molecule has 1 saturated carbocycles. The summed E-state index contributed by atoms with van der Waals surface area (Å²) < 4.78 is 13.5. The van der Waals surface area contributed by atoms with Crippen LogP contribution in [-0.4, -0.2) is 22.1 Å². The number of carbonyl (C=O) groups is 1. The highest BCUT2D eigenvalue weighted by atomic mass is 79.9. The summed E-state index contributed by atoms with van der Waals surface area (Å²) in [4.78, 5) is 12.4. The zero-order valence-corrected chi connectivity index (χ0v) is 10.1. The molecule has 1 amide bonds. The van der Waals surface area contributed by atoms with Gasteiger partial charge in [0.15, 0.2) is 0 Å². The molecule has 0 atom stereocenters. The molecule has 0 heterocycles. The highest BCUT2D eigenvalue weighted by Gasteiger charge is 2.32. The second-order valence-corrected chi connectivity index (χ2v) is 4.73. The van der Waals surface area contributed by atoms with Gasteiger partial charge in [0.05, 0.1) is 6.54 Å². The van der Waals surface area contributed by atoms with E-state index in [9.17, 15) is 9.18 Å². The molecule has 0 aliphatic heterocycles. The summed E-state index contributed by atoms with van der Waals surface area (Å²) in [6.07, 6.45) is 0.926. The molecule has 2 rings (SSSR count). The number of carboxylic acid groups (broad SMARTS) is 1. The van der Waals surface area contributed by atoms with E-state index in [1.807, 2.05) is 0 Å². The second kappa shape index (κ2) is 4.41. The quantitative estimate of drug-likeness (QED) is 0.927. The number of nitrogens with zero attached hydrogens (tertiary/aromatic N) is 1. The Balaban J connectivity index is 2.15. The van der Waals surface area contributed by atoms with Gasteiger partial charge in [0, 0.05) is 10.5 Å². The lowest BCUT2D eigenvalue weighted by Crippen LogP contribution is -2.31. The van der Waals surface area contributed by atoms with Crippen LogP contribution in [0.25, 0.3) is 0 Å². The van der Waals surface area contributed by atoms with E-state index < -0.39 is 6.09 Å². The molecule has 0 unspecified atom stereocenters. The van der Waals surface area contributed by atoms with Crippen LogP contribution in [0.5, 0.6) is 0 Å². The summed E-state index contributed by atoms with van der Waals surface area (Å²) in [7, 11) is 0. The van der Waals surface area contributed by atoms with Gasteiger partial charge in [-0.3, -0.25) is 0 Å². The Morgan fingerprint density at radius 2 is 2.25 bits per heavy atom. The lowest BCUT2D eigenvalue weighted by atomic mass is 10.2. The van der Waals surface area contributed by atoms with Crippen LogP contribution in [0.2, 0.25) is 0 Å². The van der Waals surface area contributed by atoms with Crippen molar-refractivity contribution in [3.05, 3.63) is 34.1 Å². The number of hydrogen-bond donors (Lipinski definition) is 1. The molecule has 1 aromatic rings. The molecule has 0 radical (unpaired) electrons. The third-order valence-corrected chi connectivity index (χ3v) is 3.33. The first-order valence-electron chi connectivity index (χ1n) is 5.01. The van der Waals surface area contributed by atoms with Gasteiger partial charge in [-0.25, -0.2) is 9.18 Å². The average Bonchev–Trinajstić information content (AvgIpc) is 2.99. The van der Waals surface area contributed by atoms with Crippen molar-refractivity contribution in [1.82, 2.24) is 4.90 Å². The molecule has 5 heteroatoms. The standard InChI is InChI=1S/C11H11BrFNO2/c12-10-5-8(13)2-1-7(10)6-14(11(15)16)9-3-4-9/h1-2,5,9H,3-4,6H2,(H,15,16). The number of rotatable bonds is 3. The van der Waals surface area contributed by atoms with Gasteiger partial charge < -0.3 is 10.0 Å². The fraction of sp³-hybridized carbons (Fsp3) is 0.364. The highest BCUT2D eigenvalue weighted by Crippen LogP contribution is 2.30. The summed E-state index contributed by atoms with van der Waals surface area (Å²) in [6, 6.07) is 4.43. The monoisotopic (exact) mass is 287 g/mol. The molecule has 1 aromatic carbocycles. The molecule has 86 valence electrons. The third-order valence-electron chi connectivity index (χ3n) is 2.59. The largest absolute Gasteiger partial charge is 0.465 e. The fourth-order valence-corrected chi connectivity index (χ4v) is 2.05. The van der Waals surface area contributed by atoms with Gasteiger partial charge in [0.25, 0.3) is 0 Å². The van der Waals surface area contributed by atoms with Gasteiger partial charge in [-0.1, -0.05) is 22.0 Å². The lowest BCUT2D eigenvalue weighted by molar-refractivity contribution is 0.139. The molecule has 1 N–H and O–H groups in total. The van der Waals surface area contributed by atoms with Crippen molar-refractivity contribution in [1.29, 1.82) is 0 Å². The maximum absolute atomic E-state index is 12.9. The first-order valence-corrected chi connectivity index (χ1v) is 5.80. The van der Waals surface area contributed by atoms with E-state index in [0.29, 0.717) is 11.0 Å². The molecular formula is C11H11BrFNO2. The zero-order chi connectivity index (χ0) is 11.7. The van der Waals surface area contributed by atoms with Gasteiger partial charge in [-0.05, 0) is 30.5 Å². The fourth-order valence-electron chi connectivity index (χ4n) is 1.57. The molecule has 0 saturated heterocycles. The minimum absolute atomic E-state index is 0.134. The smallest absolute Gasteiger partial charge is 0.407 e. The molecule has 3 nitrogen and oxygen atoms in total. The molecule has 1 aliphatic carbocycles. The van der Waals surface area contributed by atoms with Crippen molar-refractivity contribution in [3.8, 4) is 0 Å². The summed E-state index contributed by atoms with van der Waals surface area (Å²) in [5.41, 5.74) is 0.788. The first kappa shape index (κ1) is 11.4. The highest BCUT2D eigenvalue weighted by molar-refractivity contribution is 9.10. The number of amides is 1. The Morgan fingerprint density at radius 1 is 1.56 bits per heavy atom. The maximum atomic E-state index is 12.9. The Kier molecular flexibility index (Phi) is 3.14. The van der Waals surface area contributed by atoms with Crippen molar-refractivity contribution in [3.63, 3.8) is 0 Å². The van der Waals surface area contributed by atoms with E-state index in [2.05, 4.69) is 15.9 Å². The zero-order valence-electron chi connectivity index (χ0n) is 8.49. The van der Waals surface area contributed by atoms with Gasteiger partial charge in [0.2, 0.25) is 0 Å². The van der Waals surface area contributed by atoms with Crippen LogP contribution in [0.3, 0.4) is 0 Å². The van der Waals surface area contributed by atoms with Crippen molar-refractivity contribution in [2.45, 2.75) is 25.4 Å². The van der Waals surface area contributed by atoms with E-state index in [4.69, 9.17) is 5.11 Å². The predicted octanol–water partition coefficient (Wildman–Crippen LogP) is 3.23. The normalized spacial score (nSPS) is 14.9. The summed E-state index contributed by atoms with van der Waals surface area (Å²) >= 11 is 3.23. The molecule has 1 aliphatic rings. The molecule has 1 fully saturated rings. The van der Waals surface area contributed by atoms with Crippen LogP contribution in [0.1, 0.15) is 18.4 Å². The maximum Gasteiger partial charge on any atom is 0.407 e. The Morgan fingerprint density at radius 3 is 2.75 bits per heavy atom. The summed E-state index contributed by atoms with van der Waals surface area (Å²) in [5, 5.41) is 9.03. The SMILES string of the molecule is O=C(O)N(Cc1ccc(F)cc1Br)C1CC1. The Labute approximate surface area is 101 Å². The molecular weight excluding hydrogens is 277 g/mol. The van der Waals surface area contributed by atoms with Crippen LogP contribution < -0.4 is 0 Å². The van der Waals surface area contributed by atoms with E-state index in [1.165, 1.54) is 17.0 Å². The minimum atomic E-state index is -0.918. The topological polar surface area (TPSA) is 40.5 Å². The molecule has 0 bridgehead atoms. The van der Waals surface area contributed by atoms with Crippen molar-refractivity contribution >= 4 is 22.0 Å². The van der Waals surface area contributed by atoms with Gasteiger partial charge >= 0.3 is 6.09 Å². The minimum Gasteiger partial charge on any atom is -0.465 e. The Bertz CT molecular complexity index is 420. The first-order chi connectivity index (χ1) is 7.58. The van der Waals surface area contributed by atoms with Crippen LogP contribution in [0.15, 0.2) is 22.7 Å². The van der Waals surface area contributed by atoms with Crippen molar-refractivity contribution < 1.29 is 14.3 Å². The molecule has 16 heavy (non-hydrogen) atoms. The van der Waals surface area contributed by atoms with E-state index in [0.717, 1.165) is 18.4 Å². The van der Waals surface area contributed by atoms with Gasteiger partial charge in [-0.2, -0.15) is 0 Å². The predicted molar refractivity (Wildman–Crippen MR) is 60.7 cm³/mol. The lowest BCUT2D eigenvalue weighted by Gasteiger charge is -2.19. The second-order valence-electron chi connectivity index (χ2n) is 3.88. The van der Waals surface area contributed by atoms with E-state index in [-0.39, 0.29) is 11.9 Å². The molecule has 0 spiro atoms. The Hall–Kier alpha value is -1.10. The van der Waals surface area contributed by atoms with Crippen LogP contribution in [0.4, 0.5) is 9.18 Å². The molecule has 0 aromatic heterocycles. The third kappa shape index (κ3) is 2.52. The average molecular weight is 288 g/mol. The summed E-state index contributed by atoms with van der Waals surface area (Å²) in [6.45, 7) is 0.306. The van der Waals surface area contributed by atoms with Crippen LogP contribution in [0, 0.1) is 5.82 Å².